The third-order valence-corrected chi connectivity index (χ3v) is 4.37. The Kier molecular flexibility index (Phi) is 6.15. The molecule has 2 amide bonds. The Hall–Kier alpha value is -1.69. The van der Waals surface area contributed by atoms with Gasteiger partial charge >= 0.3 is 12.2 Å². The second kappa shape index (κ2) is 7.92. The molecule has 0 aliphatic heterocycles. The van der Waals surface area contributed by atoms with Gasteiger partial charge in [-0.2, -0.15) is 13.2 Å². The zero-order valence-electron chi connectivity index (χ0n) is 13.2. The van der Waals surface area contributed by atoms with Crippen LogP contribution in [0.1, 0.15) is 37.7 Å². The molecule has 3 nitrogen and oxygen atoms in total. The fraction of sp³-hybridized carbons (Fsp3) is 0.471. The van der Waals surface area contributed by atoms with E-state index in [2.05, 4.69) is 11.9 Å². The molecule has 1 fully saturated rings. The molecule has 1 aromatic carbocycles. The second-order valence-electron chi connectivity index (χ2n) is 5.85. The number of hydrogen-bond donors (Lipinski definition) is 1. The standard InChI is InChI=1S/C17H20ClF3N2O/c1-2-10-23(13-6-4-3-5-7-13)16(24)22-15-9-8-12(18)11-14(15)17(19,20)21/h2,8-9,11,13H,1,3-7,10H2,(H,22,24). The predicted octanol–water partition coefficient (Wildman–Crippen LogP) is 5.71. The Morgan fingerprint density at radius 1 is 1.33 bits per heavy atom. The van der Waals surface area contributed by atoms with Gasteiger partial charge in [-0.3, -0.25) is 0 Å². The molecule has 0 bridgehead atoms. The third-order valence-electron chi connectivity index (χ3n) is 4.13. The lowest BCUT2D eigenvalue weighted by molar-refractivity contribution is -0.136. The molecule has 1 aromatic rings. The van der Waals surface area contributed by atoms with E-state index in [9.17, 15) is 18.0 Å². The maximum atomic E-state index is 13.1. The summed E-state index contributed by atoms with van der Waals surface area (Å²) in [6, 6.07) is 2.80. The normalized spacial score (nSPS) is 15.8. The van der Waals surface area contributed by atoms with Crippen LogP contribution in [0.15, 0.2) is 30.9 Å². The van der Waals surface area contributed by atoms with Crippen molar-refractivity contribution in [2.75, 3.05) is 11.9 Å². The van der Waals surface area contributed by atoms with Gasteiger partial charge in [0.15, 0.2) is 0 Å². The molecule has 132 valence electrons. The summed E-state index contributed by atoms with van der Waals surface area (Å²) in [7, 11) is 0. The summed E-state index contributed by atoms with van der Waals surface area (Å²) in [6.45, 7) is 3.93. The number of nitrogens with one attached hydrogen (secondary N) is 1. The van der Waals surface area contributed by atoms with E-state index in [0.717, 1.165) is 38.2 Å². The van der Waals surface area contributed by atoms with Crippen LogP contribution in [0.25, 0.3) is 0 Å². The van der Waals surface area contributed by atoms with Crippen LogP contribution in [0.3, 0.4) is 0 Å². The average Bonchev–Trinajstić information content (AvgIpc) is 2.54. The minimum atomic E-state index is -4.60. The lowest BCUT2D eigenvalue weighted by atomic mass is 9.94. The van der Waals surface area contributed by atoms with Gasteiger partial charge in [-0.1, -0.05) is 36.9 Å². The molecule has 1 saturated carbocycles. The van der Waals surface area contributed by atoms with Gasteiger partial charge in [0.1, 0.15) is 0 Å². The van der Waals surface area contributed by atoms with Gasteiger partial charge in [-0.25, -0.2) is 4.79 Å². The Balaban J connectivity index is 2.21. The fourth-order valence-electron chi connectivity index (χ4n) is 2.98. The molecule has 0 aromatic heterocycles. The minimum absolute atomic E-state index is 0.0263. The number of amides is 2. The summed E-state index contributed by atoms with van der Waals surface area (Å²) in [5.41, 5.74) is -1.24. The number of halogens is 4. The van der Waals surface area contributed by atoms with Crippen LogP contribution >= 0.6 is 11.6 Å². The van der Waals surface area contributed by atoms with E-state index in [4.69, 9.17) is 11.6 Å². The molecule has 0 saturated heterocycles. The molecule has 1 N–H and O–H groups in total. The molecule has 7 heteroatoms. The van der Waals surface area contributed by atoms with Gasteiger partial charge in [0, 0.05) is 17.6 Å². The molecule has 0 unspecified atom stereocenters. The summed E-state index contributed by atoms with van der Waals surface area (Å²) in [5.74, 6) is 0. The van der Waals surface area contributed by atoms with Crippen molar-refractivity contribution in [3.8, 4) is 0 Å². The van der Waals surface area contributed by atoms with Crippen LogP contribution in [-0.4, -0.2) is 23.5 Å². The molecule has 2 rings (SSSR count). The highest BCUT2D eigenvalue weighted by atomic mass is 35.5. The number of carbonyl (C=O) groups excluding carboxylic acids is 1. The molecule has 24 heavy (non-hydrogen) atoms. The van der Waals surface area contributed by atoms with Crippen molar-refractivity contribution >= 4 is 23.3 Å². The number of nitrogens with zero attached hydrogens (tertiary/aromatic N) is 1. The van der Waals surface area contributed by atoms with Gasteiger partial charge in [-0.05, 0) is 31.0 Å². The zero-order valence-corrected chi connectivity index (χ0v) is 14.0. The van der Waals surface area contributed by atoms with Crippen molar-refractivity contribution in [2.24, 2.45) is 0 Å². The van der Waals surface area contributed by atoms with Gasteiger partial charge in [0.05, 0.1) is 11.3 Å². The highest BCUT2D eigenvalue weighted by Crippen LogP contribution is 2.36. The SMILES string of the molecule is C=CCN(C(=O)Nc1ccc(Cl)cc1C(F)(F)F)C1CCCCC1. The van der Waals surface area contributed by atoms with Crippen molar-refractivity contribution < 1.29 is 18.0 Å². The summed E-state index contributed by atoms with van der Waals surface area (Å²) in [5, 5.41) is 2.36. The first kappa shape index (κ1) is 18.6. The van der Waals surface area contributed by atoms with E-state index in [-0.39, 0.29) is 16.8 Å². The predicted molar refractivity (Wildman–Crippen MR) is 89.2 cm³/mol. The van der Waals surface area contributed by atoms with E-state index in [1.165, 1.54) is 12.1 Å². The average molecular weight is 361 g/mol. The quantitative estimate of drug-likeness (QED) is 0.685. The van der Waals surface area contributed by atoms with Crippen LogP contribution in [0.4, 0.5) is 23.7 Å². The number of alkyl halides is 3. The van der Waals surface area contributed by atoms with Crippen molar-refractivity contribution in [3.05, 3.63) is 41.4 Å². The van der Waals surface area contributed by atoms with Gasteiger partial charge in [-0.15, -0.1) is 6.58 Å². The van der Waals surface area contributed by atoms with Crippen molar-refractivity contribution in [1.29, 1.82) is 0 Å². The van der Waals surface area contributed by atoms with Crippen molar-refractivity contribution in [1.82, 2.24) is 4.90 Å². The maximum Gasteiger partial charge on any atom is 0.418 e. The van der Waals surface area contributed by atoms with Crippen LogP contribution in [0.5, 0.6) is 0 Å². The molecule has 1 aliphatic rings. The molecule has 0 atom stereocenters. The largest absolute Gasteiger partial charge is 0.418 e. The van der Waals surface area contributed by atoms with E-state index >= 15 is 0 Å². The van der Waals surface area contributed by atoms with E-state index in [1.807, 2.05) is 0 Å². The number of carbonyl (C=O) groups is 1. The summed E-state index contributed by atoms with van der Waals surface area (Å²) in [6.07, 6.45) is 1.85. The van der Waals surface area contributed by atoms with Gasteiger partial charge in [0.2, 0.25) is 0 Å². The fourth-order valence-corrected chi connectivity index (χ4v) is 3.15. The van der Waals surface area contributed by atoms with Crippen LogP contribution in [-0.2, 0) is 6.18 Å². The number of anilines is 1. The Morgan fingerprint density at radius 2 is 2.00 bits per heavy atom. The van der Waals surface area contributed by atoms with Gasteiger partial charge < -0.3 is 10.2 Å². The summed E-state index contributed by atoms with van der Waals surface area (Å²) in [4.78, 5) is 14.1. The smallest absolute Gasteiger partial charge is 0.318 e. The van der Waals surface area contributed by atoms with E-state index in [1.54, 1.807) is 11.0 Å². The summed E-state index contributed by atoms with van der Waals surface area (Å²) >= 11 is 5.66. The lowest BCUT2D eigenvalue weighted by Crippen LogP contribution is -2.44. The van der Waals surface area contributed by atoms with E-state index in [0.29, 0.717) is 6.54 Å². The molecular weight excluding hydrogens is 341 g/mol. The van der Waals surface area contributed by atoms with Crippen LogP contribution in [0, 0.1) is 0 Å². The van der Waals surface area contributed by atoms with Crippen molar-refractivity contribution in [2.45, 2.75) is 44.3 Å². The zero-order chi connectivity index (χ0) is 17.7. The number of rotatable bonds is 4. The molecule has 0 spiro atoms. The second-order valence-corrected chi connectivity index (χ2v) is 6.29. The third kappa shape index (κ3) is 4.66. The van der Waals surface area contributed by atoms with E-state index < -0.39 is 17.8 Å². The first-order valence-electron chi connectivity index (χ1n) is 7.88. The minimum Gasteiger partial charge on any atom is -0.318 e. The number of benzene rings is 1. The summed E-state index contributed by atoms with van der Waals surface area (Å²) < 4.78 is 39.4. The highest BCUT2D eigenvalue weighted by molar-refractivity contribution is 6.30. The molecule has 1 aliphatic carbocycles. The maximum absolute atomic E-state index is 13.1. The van der Waals surface area contributed by atoms with Crippen LogP contribution in [0.2, 0.25) is 5.02 Å². The number of urea groups is 1. The lowest BCUT2D eigenvalue weighted by Gasteiger charge is -2.34. The molecule has 0 heterocycles. The van der Waals surface area contributed by atoms with Crippen molar-refractivity contribution in [3.63, 3.8) is 0 Å². The number of hydrogen-bond acceptors (Lipinski definition) is 1. The topological polar surface area (TPSA) is 32.3 Å². The Labute approximate surface area is 144 Å². The highest BCUT2D eigenvalue weighted by Gasteiger charge is 2.35. The first-order valence-corrected chi connectivity index (χ1v) is 8.26. The first-order chi connectivity index (χ1) is 11.3. The Bertz CT molecular complexity index is 598. The Morgan fingerprint density at radius 3 is 2.58 bits per heavy atom. The molecule has 0 radical (unpaired) electrons. The van der Waals surface area contributed by atoms with Gasteiger partial charge in [0.25, 0.3) is 0 Å². The monoisotopic (exact) mass is 360 g/mol. The molecular formula is C17H20ClF3N2O. The van der Waals surface area contributed by atoms with Crippen LogP contribution < -0.4 is 5.32 Å².